The van der Waals surface area contributed by atoms with Crippen LogP contribution in [-0.4, -0.2) is 29.3 Å². The second-order valence-corrected chi connectivity index (χ2v) is 6.09. The summed E-state index contributed by atoms with van der Waals surface area (Å²) < 4.78 is 0. The summed E-state index contributed by atoms with van der Waals surface area (Å²) in [6.07, 6.45) is 0. The SMILES string of the molecule is Cc1ccc(NC(=O)c2ccc(CN3C(=O)CNC3=O)cc2)cc1C. The van der Waals surface area contributed by atoms with Crippen molar-refractivity contribution in [1.82, 2.24) is 10.2 Å². The summed E-state index contributed by atoms with van der Waals surface area (Å²) in [6, 6.07) is 12.2. The number of anilines is 1. The maximum Gasteiger partial charge on any atom is 0.324 e. The average molecular weight is 337 g/mol. The van der Waals surface area contributed by atoms with Crippen LogP contribution in [-0.2, 0) is 11.3 Å². The van der Waals surface area contributed by atoms with E-state index >= 15 is 0 Å². The molecule has 0 unspecified atom stereocenters. The van der Waals surface area contributed by atoms with Gasteiger partial charge in [-0.15, -0.1) is 0 Å². The van der Waals surface area contributed by atoms with Crippen LogP contribution in [0, 0.1) is 13.8 Å². The van der Waals surface area contributed by atoms with Gasteiger partial charge in [0.2, 0.25) is 5.91 Å². The number of carbonyl (C=O) groups excluding carboxylic acids is 3. The van der Waals surface area contributed by atoms with E-state index in [-0.39, 0.29) is 30.9 Å². The number of rotatable bonds is 4. The number of hydrogen-bond donors (Lipinski definition) is 2. The van der Waals surface area contributed by atoms with Gasteiger partial charge in [0.25, 0.3) is 5.91 Å². The van der Waals surface area contributed by atoms with Crippen molar-refractivity contribution in [3.63, 3.8) is 0 Å². The lowest BCUT2D eigenvalue weighted by Crippen LogP contribution is -2.30. The summed E-state index contributed by atoms with van der Waals surface area (Å²) in [5.74, 6) is -0.452. The Morgan fingerprint density at radius 1 is 1.08 bits per heavy atom. The molecule has 0 spiro atoms. The van der Waals surface area contributed by atoms with Gasteiger partial charge in [0.15, 0.2) is 0 Å². The Morgan fingerprint density at radius 3 is 2.40 bits per heavy atom. The highest BCUT2D eigenvalue weighted by Crippen LogP contribution is 2.16. The molecule has 2 N–H and O–H groups in total. The molecule has 6 nitrogen and oxygen atoms in total. The fraction of sp³-hybridized carbons (Fsp3) is 0.211. The molecular formula is C19H19N3O3. The molecule has 25 heavy (non-hydrogen) atoms. The van der Waals surface area contributed by atoms with Crippen LogP contribution in [0.3, 0.4) is 0 Å². The van der Waals surface area contributed by atoms with Crippen molar-refractivity contribution in [2.45, 2.75) is 20.4 Å². The van der Waals surface area contributed by atoms with Crippen molar-refractivity contribution in [3.05, 3.63) is 64.7 Å². The van der Waals surface area contributed by atoms with Crippen molar-refractivity contribution in [3.8, 4) is 0 Å². The zero-order chi connectivity index (χ0) is 18.0. The van der Waals surface area contributed by atoms with Gasteiger partial charge in [-0.2, -0.15) is 0 Å². The van der Waals surface area contributed by atoms with Crippen molar-refractivity contribution < 1.29 is 14.4 Å². The number of imide groups is 1. The predicted octanol–water partition coefficient (Wildman–Crippen LogP) is 2.61. The van der Waals surface area contributed by atoms with E-state index in [0.717, 1.165) is 21.7 Å². The minimum Gasteiger partial charge on any atom is -0.329 e. The predicted molar refractivity (Wildman–Crippen MR) is 94.3 cm³/mol. The topological polar surface area (TPSA) is 78.5 Å². The van der Waals surface area contributed by atoms with Gasteiger partial charge in [0.1, 0.15) is 0 Å². The third-order valence-corrected chi connectivity index (χ3v) is 4.26. The first-order chi connectivity index (χ1) is 11.9. The Labute approximate surface area is 145 Å². The second-order valence-electron chi connectivity index (χ2n) is 6.09. The molecule has 0 bridgehead atoms. The maximum atomic E-state index is 12.3. The summed E-state index contributed by atoms with van der Waals surface area (Å²) in [5.41, 5.74) is 4.33. The van der Waals surface area contributed by atoms with Crippen LogP contribution in [0.5, 0.6) is 0 Å². The molecule has 1 aliphatic rings. The van der Waals surface area contributed by atoms with E-state index in [1.54, 1.807) is 24.3 Å². The van der Waals surface area contributed by atoms with Crippen LogP contribution in [0.25, 0.3) is 0 Å². The summed E-state index contributed by atoms with van der Waals surface area (Å²) in [7, 11) is 0. The van der Waals surface area contributed by atoms with Crippen molar-refractivity contribution >= 4 is 23.5 Å². The standard InChI is InChI=1S/C19H19N3O3/c1-12-3-8-16(9-13(12)2)21-18(24)15-6-4-14(5-7-15)11-22-17(23)10-20-19(22)25/h3-9H,10-11H2,1-2H3,(H,20,25)(H,21,24). The highest BCUT2D eigenvalue weighted by Gasteiger charge is 2.28. The van der Waals surface area contributed by atoms with Crippen molar-refractivity contribution in [2.75, 3.05) is 11.9 Å². The van der Waals surface area contributed by atoms with Gasteiger partial charge >= 0.3 is 6.03 Å². The van der Waals surface area contributed by atoms with E-state index in [0.29, 0.717) is 5.56 Å². The van der Waals surface area contributed by atoms with E-state index in [9.17, 15) is 14.4 Å². The third kappa shape index (κ3) is 3.68. The van der Waals surface area contributed by atoms with Gasteiger partial charge in [0, 0.05) is 11.3 Å². The molecule has 0 radical (unpaired) electrons. The van der Waals surface area contributed by atoms with Gasteiger partial charge in [0.05, 0.1) is 13.1 Å². The Balaban J connectivity index is 1.67. The zero-order valence-electron chi connectivity index (χ0n) is 14.1. The molecule has 6 heteroatoms. The van der Waals surface area contributed by atoms with Crippen molar-refractivity contribution in [1.29, 1.82) is 0 Å². The second kappa shape index (κ2) is 6.76. The Hall–Kier alpha value is -3.15. The molecule has 0 aromatic heterocycles. The monoisotopic (exact) mass is 337 g/mol. The molecule has 128 valence electrons. The normalized spacial score (nSPS) is 13.8. The van der Waals surface area contributed by atoms with E-state index in [1.807, 2.05) is 32.0 Å². The molecule has 1 fully saturated rings. The lowest BCUT2D eigenvalue weighted by Gasteiger charge is -2.12. The smallest absolute Gasteiger partial charge is 0.324 e. The molecule has 1 aliphatic heterocycles. The minimum absolute atomic E-state index is 0.0370. The first-order valence-corrected chi connectivity index (χ1v) is 8.00. The molecule has 2 aromatic carbocycles. The number of nitrogens with one attached hydrogen (secondary N) is 2. The van der Waals surface area contributed by atoms with E-state index in [1.165, 1.54) is 5.56 Å². The number of benzene rings is 2. The first kappa shape index (κ1) is 16.7. The lowest BCUT2D eigenvalue weighted by atomic mass is 10.1. The Morgan fingerprint density at radius 2 is 1.80 bits per heavy atom. The van der Waals surface area contributed by atoms with Crippen LogP contribution in [0.1, 0.15) is 27.0 Å². The van der Waals surface area contributed by atoms with Crippen molar-refractivity contribution in [2.24, 2.45) is 0 Å². The number of carbonyl (C=O) groups is 3. The van der Waals surface area contributed by atoms with Gasteiger partial charge < -0.3 is 10.6 Å². The lowest BCUT2D eigenvalue weighted by molar-refractivity contribution is -0.125. The minimum atomic E-state index is -0.387. The fourth-order valence-corrected chi connectivity index (χ4v) is 2.58. The largest absolute Gasteiger partial charge is 0.329 e. The van der Waals surface area contributed by atoms with Crippen LogP contribution in [0.15, 0.2) is 42.5 Å². The van der Waals surface area contributed by atoms with E-state index < -0.39 is 0 Å². The molecule has 1 heterocycles. The molecule has 3 rings (SSSR count). The van der Waals surface area contributed by atoms with E-state index in [4.69, 9.17) is 0 Å². The van der Waals surface area contributed by atoms with Gasteiger partial charge in [-0.1, -0.05) is 18.2 Å². The molecule has 2 aromatic rings. The van der Waals surface area contributed by atoms with Crippen LogP contribution in [0.2, 0.25) is 0 Å². The molecule has 0 saturated carbocycles. The highest BCUT2D eigenvalue weighted by atomic mass is 16.2. The molecule has 1 saturated heterocycles. The van der Waals surface area contributed by atoms with Gasteiger partial charge in [-0.3, -0.25) is 14.5 Å². The summed E-state index contributed by atoms with van der Waals surface area (Å²) in [5, 5.41) is 5.34. The number of hydrogen-bond acceptors (Lipinski definition) is 3. The number of urea groups is 1. The quantitative estimate of drug-likeness (QED) is 0.842. The van der Waals surface area contributed by atoms with E-state index in [2.05, 4.69) is 10.6 Å². The Bertz CT molecular complexity index is 827. The first-order valence-electron chi connectivity index (χ1n) is 8.00. The summed E-state index contributed by atoms with van der Waals surface area (Å²) >= 11 is 0. The summed E-state index contributed by atoms with van der Waals surface area (Å²) in [6.45, 7) is 4.25. The van der Waals surface area contributed by atoms with Gasteiger partial charge in [-0.25, -0.2) is 4.79 Å². The Kier molecular flexibility index (Phi) is 4.52. The third-order valence-electron chi connectivity index (χ3n) is 4.26. The summed E-state index contributed by atoms with van der Waals surface area (Å²) in [4.78, 5) is 36.6. The molecule has 4 amide bonds. The van der Waals surface area contributed by atoms with Crippen LogP contribution < -0.4 is 10.6 Å². The highest BCUT2D eigenvalue weighted by molar-refractivity contribution is 6.04. The molecular weight excluding hydrogens is 318 g/mol. The van der Waals surface area contributed by atoms with Gasteiger partial charge in [-0.05, 0) is 54.8 Å². The zero-order valence-corrected chi connectivity index (χ0v) is 14.1. The number of nitrogens with zero attached hydrogens (tertiary/aromatic N) is 1. The number of aryl methyl sites for hydroxylation is 2. The van der Waals surface area contributed by atoms with Crippen LogP contribution >= 0.6 is 0 Å². The fourth-order valence-electron chi connectivity index (χ4n) is 2.58. The molecule has 0 atom stereocenters. The van der Waals surface area contributed by atoms with Crippen LogP contribution in [0.4, 0.5) is 10.5 Å². The average Bonchev–Trinajstić information content (AvgIpc) is 2.91. The maximum absolute atomic E-state index is 12.3. The molecule has 0 aliphatic carbocycles. The number of amides is 4.